The number of para-hydroxylation sites is 2. The maximum atomic E-state index is 14.1. The zero-order valence-electron chi connectivity index (χ0n) is 36.0. The van der Waals surface area contributed by atoms with E-state index in [2.05, 4.69) is 72.7 Å². The number of hydrogen-bond acceptors (Lipinski definition) is 7. The van der Waals surface area contributed by atoms with Gasteiger partial charge in [-0.3, -0.25) is 14.4 Å². The first-order valence-corrected chi connectivity index (χ1v) is 22.4. The van der Waals surface area contributed by atoms with Crippen molar-refractivity contribution in [3.8, 4) is 57.2 Å². The number of allylic oxidation sites excluding steroid dienone is 3. The maximum Gasteiger partial charge on any atom is 0.258 e. The molecule has 0 saturated carbocycles. The number of nitrogens with zero attached hydrogens (tertiary/aromatic N) is 2. The van der Waals surface area contributed by atoms with Gasteiger partial charge in [-0.1, -0.05) is 115 Å². The van der Waals surface area contributed by atoms with Crippen molar-refractivity contribution in [2.75, 3.05) is 59.2 Å². The van der Waals surface area contributed by atoms with Gasteiger partial charge in [0.15, 0.2) is 0 Å². The van der Waals surface area contributed by atoms with E-state index in [1.54, 1.807) is 11.0 Å². The van der Waals surface area contributed by atoms with E-state index < -0.39 is 0 Å². The van der Waals surface area contributed by atoms with Crippen LogP contribution in [0.15, 0.2) is 133 Å². The lowest BCUT2D eigenvalue weighted by Crippen LogP contribution is -2.42. The molecular weight excluding hydrogens is 825 g/mol. The van der Waals surface area contributed by atoms with Crippen molar-refractivity contribution < 1.29 is 33.3 Å². The van der Waals surface area contributed by atoms with Crippen LogP contribution < -0.4 is 9.47 Å². The van der Waals surface area contributed by atoms with Crippen molar-refractivity contribution in [2.24, 2.45) is 0 Å². The van der Waals surface area contributed by atoms with E-state index in [1.807, 2.05) is 59.5 Å². The summed E-state index contributed by atoms with van der Waals surface area (Å²) >= 11 is 0. The van der Waals surface area contributed by atoms with Gasteiger partial charge in [-0.2, -0.15) is 0 Å². The number of amides is 2. The molecule has 13 rings (SSSR count). The van der Waals surface area contributed by atoms with E-state index in [4.69, 9.17) is 25.4 Å². The SMILES string of the molecule is C#CCOc1ccccc1C1=C2C(=C(C(=O)N3CCOCC3)C1=O)c1cccc3cccc2c13.O=C(c1cc2c(c3c1-c1cccc4cccc-3c14)-c1ccccc1OC2)N1CCOCC1. The average molecular weight is 867 g/mol. The molecule has 3 aliphatic carbocycles. The average Bonchev–Trinajstić information content (AvgIpc) is 4.00. The number of terminal acetylenes is 1. The third-order valence-corrected chi connectivity index (χ3v) is 13.5. The zero-order valence-corrected chi connectivity index (χ0v) is 36.0. The topological polar surface area (TPSA) is 94.6 Å². The second-order valence-electron chi connectivity index (χ2n) is 17.0. The first-order valence-electron chi connectivity index (χ1n) is 22.4. The van der Waals surface area contributed by atoms with Crippen LogP contribution in [-0.4, -0.2) is 86.6 Å². The lowest BCUT2D eigenvalue weighted by Gasteiger charge is -2.29. The number of fused-ring (bicyclic) bond motifs is 10. The molecule has 0 radical (unpaired) electrons. The van der Waals surface area contributed by atoms with Gasteiger partial charge in [0.2, 0.25) is 5.78 Å². The minimum atomic E-state index is -0.273. The van der Waals surface area contributed by atoms with Gasteiger partial charge in [-0.25, -0.2) is 0 Å². The highest BCUT2D eigenvalue weighted by atomic mass is 16.5. The highest BCUT2D eigenvalue weighted by Crippen LogP contribution is 2.57. The second-order valence-corrected chi connectivity index (χ2v) is 17.0. The van der Waals surface area contributed by atoms with Crippen LogP contribution in [-0.2, 0) is 25.7 Å². The van der Waals surface area contributed by atoms with Crippen LogP contribution in [0.4, 0.5) is 0 Å². The summed E-state index contributed by atoms with van der Waals surface area (Å²) in [5.74, 6) is 3.47. The molecule has 2 fully saturated rings. The molecule has 0 N–H and O–H groups in total. The molecule has 7 aromatic carbocycles. The third-order valence-electron chi connectivity index (χ3n) is 13.5. The molecule has 2 saturated heterocycles. The van der Waals surface area contributed by atoms with Gasteiger partial charge in [0.05, 0.1) is 32.0 Å². The van der Waals surface area contributed by atoms with Crippen molar-refractivity contribution in [2.45, 2.75) is 6.61 Å². The van der Waals surface area contributed by atoms with Gasteiger partial charge in [-0.05, 0) is 73.1 Å². The van der Waals surface area contributed by atoms with Crippen molar-refractivity contribution >= 4 is 55.9 Å². The molecule has 0 spiro atoms. The molecule has 0 unspecified atom stereocenters. The van der Waals surface area contributed by atoms with Crippen LogP contribution in [0.3, 0.4) is 0 Å². The molecule has 7 aromatic rings. The monoisotopic (exact) mass is 866 g/mol. The summed E-state index contributed by atoms with van der Waals surface area (Å²) in [6.45, 7) is 4.85. The van der Waals surface area contributed by atoms with Gasteiger partial charge in [-0.15, -0.1) is 6.42 Å². The maximum absolute atomic E-state index is 14.1. The van der Waals surface area contributed by atoms with Crippen molar-refractivity contribution in [1.29, 1.82) is 0 Å². The number of hydrogen-bond donors (Lipinski definition) is 0. The highest BCUT2D eigenvalue weighted by molar-refractivity contribution is 6.56. The van der Waals surface area contributed by atoms with Crippen LogP contribution in [0.2, 0.25) is 0 Å². The van der Waals surface area contributed by atoms with E-state index in [1.165, 1.54) is 27.5 Å². The predicted octanol–water partition coefficient (Wildman–Crippen LogP) is 9.49. The molecule has 9 nitrogen and oxygen atoms in total. The van der Waals surface area contributed by atoms with Gasteiger partial charge in [0.25, 0.3) is 11.8 Å². The lowest BCUT2D eigenvalue weighted by atomic mass is 9.85. The Morgan fingerprint density at radius 3 is 1.79 bits per heavy atom. The number of ether oxygens (including phenoxy) is 4. The summed E-state index contributed by atoms with van der Waals surface area (Å²) in [5, 5.41) is 4.58. The minimum Gasteiger partial charge on any atom is -0.488 e. The zero-order chi connectivity index (χ0) is 44.5. The normalized spacial score (nSPS) is 16.3. The van der Waals surface area contributed by atoms with E-state index >= 15 is 0 Å². The molecule has 3 heterocycles. The first kappa shape index (κ1) is 39.8. The summed E-state index contributed by atoms with van der Waals surface area (Å²) in [6.07, 6.45) is 5.42. The number of Topliss-reactive ketones (excluding diaryl/α,β-unsaturated/α-hetero) is 1. The van der Waals surface area contributed by atoms with Crippen LogP contribution >= 0.6 is 0 Å². The number of morpholine rings is 2. The standard InChI is InChI=1S/C29H21NO4.C28H21NO3/c1-2-15-34-22-12-4-3-9-19(22)26-24-20-10-5-7-18-8-6-11-21(23(18)20)25(24)27(28(26)31)29(32)30-13-16-33-17-14-30;30-28(29-11-13-31-14-12-29)22-15-18-16-32-23-10-2-1-7-19(23)25(18)27-21-9-4-6-17-5-3-8-20(24(17)21)26(22)27/h1,3-12H,13-17H2;1-10,15H,11-14,16H2. The Balaban J connectivity index is 0.000000138. The number of ketones is 1. The molecule has 0 aromatic heterocycles. The molecule has 3 aliphatic heterocycles. The number of benzene rings is 7. The summed E-state index contributed by atoms with van der Waals surface area (Å²) in [5.41, 5.74) is 13.5. The van der Waals surface area contributed by atoms with Gasteiger partial charge in [0.1, 0.15) is 24.7 Å². The molecule has 0 atom stereocenters. The fourth-order valence-electron chi connectivity index (χ4n) is 10.7. The number of rotatable bonds is 5. The Hall–Kier alpha value is -7.77. The molecule has 322 valence electrons. The highest BCUT2D eigenvalue weighted by Gasteiger charge is 2.44. The third kappa shape index (κ3) is 6.13. The van der Waals surface area contributed by atoms with Gasteiger partial charge < -0.3 is 28.7 Å². The molecule has 66 heavy (non-hydrogen) atoms. The molecule has 6 aliphatic rings. The van der Waals surface area contributed by atoms with Crippen molar-refractivity contribution in [3.63, 3.8) is 0 Å². The largest absolute Gasteiger partial charge is 0.488 e. The van der Waals surface area contributed by atoms with E-state index in [0.29, 0.717) is 76.1 Å². The summed E-state index contributed by atoms with van der Waals surface area (Å²) in [4.78, 5) is 45.3. The predicted molar refractivity (Wildman–Crippen MR) is 256 cm³/mol. The van der Waals surface area contributed by atoms with Crippen molar-refractivity contribution in [1.82, 2.24) is 9.80 Å². The summed E-state index contributed by atoms with van der Waals surface area (Å²) in [6, 6.07) is 42.6. The quantitative estimate of drug-likeness (QED) is 0.126. The van der Waals surface area contributed by atoms with Crippen LogP contribution in [0.25, 0.3) is 71.6 Å². The van der Waals surface area contributed by atoms with Crippen LogP contribution in [0, 0.1) is 12.3 Å². The number of carbonyl (C=O) groups is 3. The lowest BCUT2D eigenvalue weighted by molar-refractivity contribution is -0.132. The molecular formula is C57H42N2O7. The smallest absolute Gasteiger partial charge is 0.258 e. The Labute approximate surface area is 381 Å². The molecule has 2 amide bonds. The van der Waals surface area contributed by atoms with Crippen molar-refractivity contribution in [3.05, 3.63) is 161 Å². The van der Waals surface area contributed by atoms with Crippen LogP contribution in [0.1, 0.15) is 32.6 Å². The first-order chi connectivity index (χ1) is 32.5. The van der Waals surface area contributed by atoms with E-state index in [0.717, 1.165) is 66.6 Å². The minimum absolute atomic E-state index is 0.0796. The van der Waals surface area contributed by atoms with E-state index in [-0.39, 0.29) is 29.8 Å². The molecule has 9 heteroatoms. The molecule has 0 bridgehead atoms. The van der Waals surface area contributed by atoms with E-state index in [9.17, 15) is 14.4 Å². The fraction of sp³-hybridized carbons (Fsp3) is 0.175. The number of carbonyl (C=O) groups excluding carboxylic acids is 3. The summed E-state index contributed by atoms with van der Waals surface area (Å²) < 4.78 is 22.8. The van der Waals surface area contributed by atoms with Gasteiger partial charge in [0, 0.05) is 70.7 Å². The Bertz CT molecular complexity index is 3350. The van der Waals surface area contributed by atoms with Gasteiger partial charge >= 0.3 is 0 Å². The second kappa shape index (κ2) is 16.0. The Morgan fingerprint density at radius 2 is 1.12 bits per heavy atom. The Kier molecular flexibility index (Phi) is 9.67. The van der Waals surface area contributed by atoms with Crippen LogP contribution in [0.5, 0.6) is 11.5 Å². The summed E-state index contributed by atoms with van der Waals surface area (Å²) in [7, 11) is 0. The fourth-order valence-corrected chi connectivity index (χ4v) is 10.7. The Morgan fingerprint density at radius 1 is 0.576 bits per heavy atom.